The van der Waals surface area contributed by atoms with Gasteiger partial charge in [0.25, 0.3) is 0 Å². The van der Waals surface area contributed by atoms with E-state index in [1.807, 2.05) is 6.20 Å². The lowest BCUT2D eigenvalue weighted by molar-refractivity contribution is 1.08. The van der Waals surface area contributed by atoms with Crippen LogP contribution in [0.25, 0.3) is 11.0 Å². The van der Waals surface area contributed by atoms with Gasteiger partial charge >= 0.3 is 0 Å². The minimum absolute atomic E-state index is 0.588. The first-order valence-electron chi connectivity index (χ1n) is 4.34. The normalized spacial score (nSPS) is 16.7. The minimum Gasteiger partial charge on any atom is -0.265 e. The Morgan fingerprint density at radius 2 is 2.31 bits per heavy atom. The van der Waals surface area contributed by atoms with Crippen molar-refractivity contribution < 1.29 is 0 Å². The van der Waals surface area contributed by atoms with Crippen molar-refractivity contribution in [1.29, 1.82) is 0 Å². The molecule has 0 spiro atoms. The number of rotatable bonds is 1. The fraction of sp³-hybridized carbons (Fsp3) is 0.333. The Balaban J connectivity index is 2.24. The average molecular weight is 194 g/mol. The van der Waals surface area contributed by atoms with Crippen molar-refractivity contribution >= 4 is 22.6 Å². The van der Waals surface area contributed by atoms with Crippen molar-refractivity contribution in [3.63, 3.8) is 0 Å². The molecule has 1 fully saturated rings. The lowest BCUT2D eigenvalue weighted by Gasteiger charge is -1.95. The number of hydrogen-bond donors (Lipinski definition) is 1. The maximum Gasteiger partial charge on any atom is 0.182 e. The quantitative estimate of drug-likeness (QED) is 0.756. The van der Waals surface area contributed by atoms with E-state index in [1.165, 1.54) is 18.4 Å². The van der Waals surface area contributed by atoms with Crippen molar-refractivity contribution in [2.75, 3.05) is 0 Å². The highest BCUT2D eigenvalue weighted by Gasteiger charge is 2.24. The first-order valence-corrected chi connectivity index (χ1v) is 4.72. The van der Waals surface area contributed by atoms with Crippen LogP contribution < -0.4 is 0 Å². The van der Waals surface area contributed by atoms with Crippen LogP contribution in [0, 0.1) is 0 Å². The predicted molar refractivity (Wildman–Crippen MR) is 50.9 cm³/mol. The molecule has 0 atom stereocenters. The number of aromatic amines is 1. The Kier molecular flexibility index (Phi) is 1.38. The molecule has 3 rings (SSSR count). The smallest absolute Gasteiger partial charge is 0.182 e. The largest absolute Gasteiger partial charge is 0.265 e. The Labute approximate surface area is 80.1 Å². The molecule has 0 saturated heterocycles. The Morgan fingerprint density at radius 3 is 3.08 bits per heavy atom. The second-order valence-electron chi connectivity index (χ2n) is 3.45. The van der Waals surface area contributed by atoms with Gasteiger partial charge in [0.05, 0.1) is 5.39 Å². The van der Waals surface area contributed by atoms with Gasteiger partial charge < -0.3 is 0 Å². The molecular weight excluding hydrogens is 186 g/mol. The van der Waals surface area contributed by atoms with Gasteiger partial charge in [0.1, 0.15) is 5.15 Å². The second-order valence-corrected chi connectivity index (χ2v) is 3.83. The molecule has 1 N–H and O–H groups in total. The standard InChI is InChI=1S/C9H8ClN3/c10-8-7-3-6(5-1-2-5)4-11-9(7)13-12-8/h3-5H,1-2H2,(H,11,12,13). The van der Waals surface area contributed by atoms with E-state index < -0.39 is 0 Å². The highest BCUT2D eigenvalue weighted by molar-refractivity contribution is 6.34. The Bertz CT molecular complexity index is 459. The maximum absolute atomic E-state index is 5.91. The van der Waals surface area contributed by atoms with Gasteiger partial charge in [0.2, 0.25) is 0 Å². The van der Waals surface area contributed by atoms with Gasteiger partial charge in [0, 0.05) is 6.20 Å². The number of nitrogens with one attached hydrogen (secondary N) is 1. The van der Waals surface area contributed by atoms with Crippen molar-refractivity contribution in [3.05, 3.63) is 23.0 Å². The molecule has 2 heterocycles. The molecule has 0 aliphatic heterocycles. The van der Waals surface area contributed by atoms with Crippen LogP contribution in [0.1, 0.15) is 24.3 Å². The first kappa shape index (κ1) is 7.33. The molecule has 0 bridgehead atoms. The second kappa shape index (κ2) is 2.45. The maximum atomic E-state index is 5.91. The van der Waals surface area contributed by atoms with Gasteiger partial charge in [0.15, 0.2) is 5.65 Å². The SMILES string of the molecule is Clc1[nH]nc2ncc(C3CC3)cc12. The lowest BCUT2D eigenvalue weighted by Crippen LogP contribution is -1.82. The summed E-state index contributed by atoms with van der Waals surface area (Å²) >= 11 is 5.91. The van der Waals surface area contributed by atoms with Gasteiger partial charge in [-0.05, 0) is 30.4 Å². The van der Waals surface area contributed by atoms with Crippen molar-refractivity contribution in [2.24, 2.45) is 0 Å². The summed E-state index contributed by atoms with van der Waals surface area (Å²) in [6, 6.07) is 2.09. The molecule has 4 heteroatoms. The van der Waals surface area contributed by atoms with E-state index in [1.54, 1.807) is 0 Å². The molecule has 0 unspecified atom stereocenters. The van der Waals surface area contributed by atoms with Gasteiger partial charge in [-0.3, -0.25) is 5.10 Å². The lowest BCUT2D eigenvalue weighted by atomic mass is 10.2. The number of aromatic nitrogens is 3. The highest BCUT2D eigenvalue weighted by atomic mass is 35.5. The van der Waals surface area contributed by atoms with E-state index in [2.05, 4.69) is 21.2 Å². The van der Waals surface area contributed by atoms with Crippen LogP contribution in [-0.2, 0) is 0 Å². The third-order valence-electron chi connectivity index (χ3n) is 2.43. The summed E-state index contributed by atoms with van der Waals surface area (Å²) in [7, 11) is 0. The Hall–Kier alpha value is -1.09. The molecule has 1 aliphatic carbocycles. The van der Waals surface area contributed by atoms with Crippen LogP contribution in [-0.4, -0.2) is 15.2 Å². The minimum atomic E-state index is 0.588. The van der Waals surface area contributed by atoms with Gasteiger partial charge in [-0.15, -0.1) is 0 Å². The fourth-order valence-corrected chi connectivity index (χ4v) is 1.71. The van der Waals surface area contributed by atoms with Crippen LogP contribution in [0.15, 0.2) is 12.3 Å². The molecular formula is C9H8ClN3. The zero-order chi connectivity index (χ0) is 8.84. The monoisotopic (exact) mass is 193 g/mol. The van der Waals surface area contributed by atoms with Crippen molar-refractivity contribution in [1.82, 2.24) is 15.2 Å². The highest BCUT2D eigenvalue weighted by Crippen LogP contribution is 2.40. The van der Waals surface area contributed by atoms with Gasteiger partial charge in [-0.25, -0.2) is 4.98 Å². The zero-order valence-corrected chi connectivity index (χ0v) is 7.67. The van der Waals surface area contributed by atoms with E-state index in [9.17, 15) is 0 Å². The van der Waals surface area contributed by atoms with Crippen LogP contribution in [0.4, 0.5) is 0 Å². The number of halogens is 1. The van der Waals surface area contributed by atoms with Crippen molar-refractivity contribution in [3.8, 4) is 0 Å². The van der Waals surface area contributed by atoms with E-state index >= 15 is 0 Å². The summed E-state index contributed by atoms with van der Waals surface area (Å²) in [5.74, 6) is 0.711. The fourth-order valence-electron chi connectivity index (χ4n) is 1.53. The van der Waals surface area contributed by atoms with Crippen LogP contribution in [0.2, 0.25) is 5.15 Å². The van der Waals surface area contributed by atoms with Crippen LogP contribution in [0.3, 0.4) is 0 Å². The summed E-state index contributed by atoms with van der Waals surface area (Å²) in [4.78, 5) is 4.24. The number of fused-ring (bicyclic) bond motifs is 1. The molecule has 0 radical (unpaired) electrons. The molecule has 66 valence electrons. The summed E-state index contributed by atoms with van der Waals surface area (Å²) in [6.45, 7) is 0. The van der Waals surface area contributed by atoms with E-state index in [-0.39, 0.29) is 0 Å². The molecule has 0 aromatic carbocycles. The third-order valence-corrected chi connectivity index (χ3v) is 2.72. The molecule has 2 aromatic heterocycles. The van der Waals surface area contributed by atoms with Crippen LogP contribution >= 0.6 is 11.6 Å². The summed E-state index contributed by atoms with van der Waals surface area (Å²) < 4.78 is 0. The summed E-state index contributed by atoms with van der Waals surface area (Å²) in [5.41, 5.74) is 1.99. The van der Waals surface area contributed by atoms with E-state index in [0.29, 0.717) is 16.7 Å². The number of H-pyrrole nitrogens is 1. The summed E-state index contributed by atoms with van der Waals surface area (Å²) in [6.07, 6.45) is 4.46. The number of pyridine rings is 1. The number of nitrogens with zero attached hydrogens (tertiary/aromatic N) is 2. The molecule has 1 aliphatic rings. The number of hydrogen-bond acceptors (Lipinski definition) is 2. The van der Waals surface area contributed by atoms with Crippen LogP contribution in [0.5, 0.6) is 0 Å². The predicted octanol–water partition coefficient (Wildman–Crippen LogP) is 2.49. The van der Waals surface area contributed by atoms with E-state index in [4.69, 9.17) is 11.6 Å². The molecule has 0 amide bonds. The third kappa shape index (κ3) is 1.11. The zero-order valence-electron chi connectivity index (χ0n) is 6.92. The van der Waals surface area contributed by atoms with E-state index in [0.717, 1.165) is 5.39 Å². The average Bonchev–Trinajstić information content (AvgIpc) is 2.93. The molecule has 1 saturated carbocycles. The first-order chi connectivity index (χ1) is 6.34. The molecule has 13 heavy (non-hydrogen) atoms. The molecule has 2 aromatic rings. The topological polar surface area (TPSA) is 41.6 Å². The van der Waals surface area contributed by atoms with Gasteiger partial charge in [-0.1, -0.05) is 11.6 Å². The van der Waals surface area contributed by atoms with Gasteiger partial charge in [-0.2, -0.15) is 5.10 Å². The molecule has 3 nitrogen and oxygen atoms in total. The Morgan fingerprint density at radius 1 is 1.46 bits per heavy atom. The van der Waals surface area contributed by atoms with Crippen molar-refractivity contribution in [2.45, 2.75) is 18.8 Å². The summed E-state index contributed by atoms with van der Waals surface area (Å²) in [5, 5.41) is 8.21.